The number of rotatable bonds is 8. The summed E-state index contributed by atoms with van der Waals surface area (Å²) in [7, 11) is 0. The van der Waals surface area contributed by atoms with E-state index in [1.54, 1.807) is 25.1 Å². The lowest BCUT2D eigenvalue weighted by Gasteiger charge is -2.42. The average Bonchev–Trinajstić information content (AvgIpc) is 3.41. The molecule has 2 atom stereocenters. The number of hydrogen-bond acceptors (Lipinski definition) is 6. The number of nitrogens with one attached hydrogen (secondary N) is 1. The molecular formula is C27H31FN4O4S. The number of halogens is 1. The van der Waals surface area contributed by atoms with Crippen LogP contribution in [0, 0.1) is 5.82 Å². The standard InChI is InChI=1S/C27H31FN4O4S/c1-4-11-32-21(17-30-12-13-31(18(3)16-30)25(33)22-10-7-14-37-22)23(26(34)36-5-2)24(29-27(32)35)19-8-6-9-20(28)15-19/h4,6-10,14-15,18,24H,1,5,11-13,16-17H2,2-3H3,(H,29,35)/t18-,24+/m1/s1. The highest BCUT2D eigenvalue weighted by Gasteiger charge is 2.39. The number of urea groups is 1. The predicted molar refractivity (Wildman–Crippen MR) is 139 cm³/mol. The Labute approximate surface area is 220 Å². The monoisotopic (exact) mass is 526 g/mol. The molecule has 8 nitrogen and oxygen atoms in total. The Bertz CT molecular complexity index is 1200. The summed E-state index contributed by atoms with van der Waals surface area (Å²) in [5.41, 5.74) is 1.20. The number of thiophene rings is 1. The van der Waals surface area contributed by atoms with Crippen LogP contribution < -0.4 is 5.32 Å². The first kappa shape index (κ1) is 26.6. The maximum absolute atomic E-state index is 14.1. The quantitative estimate of drug-likeness (QED) is 0.418. The van der Waals surface area contributed by atoms with Gasteiger partial charge in [-0.05, 0) is 43.0 Å². The van der Waals surface area contributed by atoms with Crippen LogP contribution in [0.15, 0.2) is 65.7 Å². The molecule has 0 spiro atoms. The summed E-state index contributed by atoms with van der Waals surface area (Å²) < 4.78 is 19.5. The summed E-state index contributed by atoms with van der Waals surface area (Å²) in [5.74, 6) is -1.03. The molecule has 1 fully saturated rings. The molecule has 0 unspecified atom stereocenters. The van der Waals surface area contributed by atoms with Gasteiger partial charge in [0, 0.05) is 44.5 Å². The molecule has 0 bridgehead atoms. The van der Waals surface area contributed by atoms with Gasteiger partial charge in [-0.15, -0.1) is 17.9 Å². The van der Waals surface area contributed by atoms with Crippen LogP contribution in [0.1, 0.15) is 35.1 Å². The molecule has 1 aromatic heterocycles. The van der Waals surface area contributed by atoms with Crippen molar-refractivity contribution in [2.24, 2.45) is 0 Å². The molecular weight excluding hydrogens is 495 g/mol. The predicted octanol–water partition coefficient (Wildman–Crippen LogP) is 3.80. The van der Waals surface area contributed by atoms with Gasteiger partial charge in [-0.2, -0.15) is 0 Å². The molecule has 0 saturated carbocycles. The van der Waals surface area contributed by atoms with Gasteiger partial charge in [0.2, 0.25) is 0 Å². The molecule has 1 saturated heterocycles. The van der Waals surface area contributed by atoms with Crippen molar-refractivity contribution in [3.8, 4) is 0 Å². The van der Waals surface area contributed by atoms with E-state index in [9.17, 15) is 18.8 Å². The van der Waals surface area contributed by atoms with Gasteiger partial charge in [0.25, 0.3) is 5.91 Å². The van der Waals surface area contributed by atoms with E-state index in [0.29, 0.717) is 35.8 Å². The zero-order chi connectivity index (χ0) is 26.5. The molecule has 37 heavy (non-hydrogen) atoms. The van der Waals surface area contributed by atoms with Crippen molar-refractivity contribution in [1.29, 1.82) is 0 Å². The van der Waals surface area contributed by atoms with Gasteiger partial charge in [-0.1, -0.05) is 24.3 Å². The van der Waals surface area contributed by atoms with Crippen molar-refractivity contribution in [2.75, 3.05) is 39.3 Å². The fourth-order valence-corrected chi connectivity index (χ4v) is 5.49. The highest BCUT2D eigenvalue weighted by molar-refractivity contribution is 7.12. The van der Waals surface area contributed by atoms with Crippen LogP contribution in [0.2, 0.25) is 0 Å². The van der Waals surface area contributed by atoms with E-state index in [2.05, 4.69) is 16.8 Å². The number of piperazine rings is 1. The van der Waals surface area contributed by atoms with Crippen LogP contribution in [-0.2, 0) is 9.53 Å². The Hall–Kier alpha value is -3.50. The maximum Gasteiger partial charge on any atom is 0.338 e. The third kappa shape index (κ3) is 5.75. The van der Waals surface area contributed by atoms with Gasteiger partial charge < -0.3 is 15.0 Å². The van der Waals surface area contributed by atoms with Crippen LogP contribution >= 0.6 is 11.3 Å². The maximum atomic E-state index is 14.1. The molecule has 3 amide bonds. The summed E-state index contributed by atoms with van der Waals surface area (Å²) in [6.45, 7) is 9.73. The smallest absolute Gasteiger partial charge is 0.338 e. The van der Waals surface area contributed by atoms with E-state index in [0.717, 1.165) is 0 Å². The fourth-order valence-electron chi connectivity index (χ4n) is 4.81. The van der Waals surface area contributed by atoms with E-state index in [1.165, 1.54) is 28.4 Å². The Morgan fingerprint density at radius 1 is 1.27 bits per heavy atom. The number of carbonyl (C=O) groups is 3. The minimum absolute atomic E-state index is 0.00470. The SMILES string of the molecule is C=CCN1C(=O)N[C@@H](c2cccc(F)c2)C(C(=O)OCC)=C1CN1CCN(C(=O)c2cccs2)[C@H](C)C1. The number of amides is 3. The van der Waals surface area contributed by atoms with Crippen molar-refractivity contribution < 1.29 is 23.5 Å². The van der Waals surface area contributed by atoms with Crippen LogP contribution in [0.4, 0.5) is 9.18 Å². The number of esters is 1. The van der Waals surface area contributed by atoms with Crippen molar-refractivity contribution in [3.05, 3.63) is 82.0 Å². The van der Waals surface area contributed by atoms with Gasteiger partial charge in [0.05, 0.1) is 23.1 Å². The second-order valence-corrected chi connectivity index (χ2v) is 9.93. The average molecular weight is 527 g/mol. The molecule has 3 heterocycles. The molecule has 10 heteroatoms. The molecule has 2 aliphatic heterocycles. The number of benzene rings is 1. The van der Waals surface area contributed by atoms with Crippen molar-refractivity contribution in [3.63, 3.8) is 0 Å². The summed E-state index contributed by atoms with van der Waals surface area (Å²) in [6, 6.07) is 8.18. The summed E-state index contributed by atoms with van der Waals surface area (Å²) in [4.78, 5) is 45.5. The molecule has 196 valence electrons. The normalized spacial score (nSPS) is 20.6. The van der Waals surface area contributed by atoms with Crippen LogP contribution in [-0.4, -0.2) is 78.0 Å². The fraction of sp³-hybridized carbons (Fsp3) is 0.370. The van der Waals surface area contributed by atoms with Gasteiger partial charge in [0.1, 0.15) is 5.82 Å². The van der Waals surface area contributed by atoms with E-state index < -0.39 is 23.9 Å². The third-order valence-corrected chi connectivity index (χ3v) is 7.36. The molecule has 0 radical (unpaired) electrons. The Morgan fingerprint density at radius 2 is 2.08 bits per heavy atom. The second-order valence-electron chi connectivity index (χ2n) is 8.98. The molecule has 1 aromatic carbocycles. The number of ether oxygens (including phenoxy) is 1. The van der Waals surface area contributed by atoms with Gasteiger partial charge in [-0.25, -0.2) is 14.0 Å². The number of hydrogen-bond donors (Lipinski definition) is 1. The molecule has 1 N–H and O–H groups in total. The minimum Gasteiger partial charge on any atom is -0.463 e. The summed E-state index contributed by atoms with van der Waals surface area (Å²) >= 11 is 1.42. The van der Waals surface area contributed by atoms with Crippen molar-refractivity contribution >= 4 is 29.2 Å². The first-order valence-electron chi connectivity index (χ1n) is 12.2. The largest absolute Gasteiger partial charge is 0.463 e. The highest BCUT2D eigenvalue weighted by atomic mass is 32.1. The highest BCUT2D eigenvalue weighted by Crippen LogP contribution is 2.33. The van der Waals surface area contributed by atoms with Crippen molar-refractivity contribution in [2.45, 2.75) is 25.9 Å². The third-order valence-electron chi connectivity index (χ3n) is 6.51. The summed E-state index contributed by atoms with van der Waals surface area (Å²) in [6.07, 6.45) is 1.59. The summed E-state index contributed by atoms with van der Waals surface area (Å²) in [5, 5.41) is 4.73. The molecule has 0 aliphatic carbocycles. The zero-order valence-electron chi connectivity index (χ0n) is 21.0. The Kier molecular flexibility index (Phi) is 8.40. The topological polar surface area (TPSA) is 82.2 Å². The minimum atomic E-state index is -0.863. The van der Waals surface area contributed by atoms with Crippen LogP contribution in [0.5, 0.6) is 0 Å². The second kappa shape index (κ2) is 11.7. The lowest BCUT2D eigenvalue weighted by molar-refractivity contribution is -0.139. The van der Waals surface area contributed by atoms with E-state index in [4.69, 9.17) is 4.74 Å². The van der Waals surface area contributed by atoms with Crippen molar-refractivity contribution in [1.82, 2.24) is 20.0 Å². The first-order chi connectivity index (χ1) is 17.8. The van der Waals surface area contributed by atoms with Gasteiger partial charge in [0.15, 0.2) is 0 Å². The Balaban J connectivity index is 1.67. The lowest BCUT2D eigenvalue weighted by Crippen LogP contribution is -2.56. The van der Waals surface area contributed by atoms with E-state index >= 15 is 0 Å². The van der Waals surface area contributed by atoms with E-state index in [1.807, 2.05) is 29.3 Å². The number of carbonyl (C=O) groups excluding carboxylic acids is 3. The van der Waals surface area contributed by atoms with Gasteiger partial charge in [-0.3, -0.25) is 14.6 Å². The zero-order valence-corrected chi connectivity index (χ0v) is 21.8. The molecule has 2 aliphatic rings. The van der Waals surface area contributed by atoms with E-state index in [-0.39, 0.29) is 37.2 Å². The number of nitrogens with zero attached hydrogens (tertiary/aromatic N) is 3. The molecule has 2 aromatic rings. The Morgan fingerprint density at radius 3 is 2.73 bits per heavy atom. The molecule has 4 rings (SSSR count). The first-order valence-corrected chi connectivity index (χ1v) is 13.1. The van der Waals surface area contributed by atoms with Crippen LogP contribution in [0.3, 0.4) is 0 Å². The van der Waals surface area contributed by atoms with Crippen LogP contribution in [0.25, 0.3) is 0 Å². The van der Waals surface area contributed by atoms with Gasteiger partial charge >= 0.3 is 12.0 Å². The lowest BCUT2D eigenvalue weighted by atomic mass is 9.94.